The number of ether oxygens (including phenoxy) is 1. The highest BCUT2D eigenvalue weighted by Crippen LogP contribution is 2.35. The summed E-state index contributed by atoms with van der Waals surface area (Å²) >= 11 is 1.59. The second kappa shape index (κ2) is 8.36. The van der Waals surface area contributed by atoms with Crippen LogP contribution >= 0.6 is 11.8 Å². The van der Waals surface area contributed by atoms with Crippen LogP contribution in [0, 0.1) is 5.41 Å². The number of methoxy groups -OCH3 is 1. The molecule has 24 heavy (non-hydrogen) atoms. The fraction of sp³-hybridized carbons (Fsp3) is 0.350. The van der Waals surface area contributed by atoms with Crippen LogP contribution in [0.1, 0.15) is 19.4 Å². The SMILES string of the molecule is COC(=O)C(C)(C)[C@@H](O)[C@@H](Cc1ccccc1)Sc1ccccc1. The second-order valence-corrected chi connectivity index (χ2v) is 7.63. The number of carbonyl (C=O) groups excluding carboxylic acids is 1. The van der Waals surface area contributed by atoms with Gasteiger partial charge in [0, 0.05) is 10.1 Å². The molecular weight excluding hydrogens is 320 g/mol. The number of esters is 1. The number of aliphatic hydroxyl groups is 1. The Morgan fingerprint density at radius 2 is 1.62 bits per heavy atom. The number of benzene rings is 2. The van der Waals surface area contributed by atoms with Crippen molar-refractivity contribution < 1.29 is 14.6 Å². The van der Waals surface area contributed by atoms with Crippen molar-refractivity contribution in [3.63, 3.8) is 0 Å². The Hall–Kier alpha value is -1.78. The van der Waals surface area contributed by atoms with Gasteiger partial charge in [-0.3, -0.25) is 4.79 Å². The highest BCUT2D eigenvalue weighted by molar-refractivity contribution is 8.00. The molecular formula is C20H24O3S. The Kier molecular flexibility index (Phi) is 6.46. The summed E-state index contributed by atoms with van der Waals surface area (Å²) in [6.07, 6.45) is -0.169. The zero-order chi connectivity index (χ0) is 17.6. The third-order valence-corrected chi connectivity index (χ3v) is 5.38. The Morgan fingerprint density at radius 1 is 1.08 bits per heavy atom. The van der Waals surface area contributed by atoms with E-state index in [9.17, 15) is 9.90 Å². The van der Waals surface area contributed by atoms with E-state index in [1.54, 1.807) is 25.6 Å². The molecule has 0 bridgehead atoms. The molecule has 2 aromatic carbocycles. The van der Waals surface area contributed by atoms with Gasteiger partial charge in [-0.25, -0.2) is 0 Å². The molecule has 3 nitrogen and oxygen atoms in total. The van der Waals surface area contributed by atoms with E-state index in [-0.39, 0.29) is 5.25 Å². The Morgan fingerprint density at radius 3 is 2.17 bits per heavy atom. The molecule has 2 aromatic rings. The molecule has 2 atom stereocenters. The van der Waals surface area contributed by atoms with E-state index in [2.05, 4.69) is 0 Å². The minimum atomic E-state index is -0.976. The molecule has 0 aliphatic heterocycles. The first-order chi connectivity index (χ1) is 11.4. The van der Waals surface area contributed by atoms with Crippen molar-refractivity contribution in [2.24, 2.45) is 5.41 Å². The fourth-order valence-electron chi connectivity index (χ4n) is 2.59. The average Bonchev–Trinajstić information content (AvgIpc) is 2.61. The lowest BCUT2D eigenvalue weighted by atomic mass is 9.83. The molecule has 0 heterocycles. The van der Waals surface area contributed by atoms with Crippen LogP contribution in [0.15, 0.2) is 65.6 Å². The fourth-order valence-corrected chi connectivity index (χ4v) is 4.00. The normalized spacial score (nSPS) is 14.0. The van der Waals surface area contributed by atoms with Gasteiger partial charge in [0.15, 0.2) is 0 Å². The van der Waals surface area contributed by atoms with E-state index in [4.69, 9.17) is 4.74 Å². The van der Waals surface area contributed by atoms with E-state index >= 15 is 0 Å². The number of hydrogen-bond donors (Lipinski definition) is 1. The first kappa shape index (κ1) is 18.6. The average molecular weight is 344 g/mol. The topological polar surface area (TPSA) is 46.5 Å². The van der Waals surface area contributed by atoms with Gasteiger partial charge in [0.1, 0.15) is 0 Å². The minimum Gasteiger partial charge on any atom is -0.469 e. The minimum absolute atomic E-state index is 0.163. The number of thioether (sulfide) groups is 1. The molecule has 0 saturated carbocycles. The van der Waals surface area contributed by atoms with Crippen LogP contribution in [0.3, 0.4) is 0 Å². The Labute approximate surface area is 148 Å². The molecule has 128 valence electrons. The molecule has 0 aliphatic rings. The van der Waals surface area contributed by atoms with E-state index in [0.717, 1.165) is 10.5 Å². The summed E-state index contributed by atoms with van der Waals surface area (Å²) in [6.45, 7) is 3.46. The van der Waals surface area contributed by atoms with E-state index in [1.165, 1.54) is 7.11 Å². The lowest BCUT2D eigenvalue weighted by molar-refractivity contribution is -0.157. The van der Waals surface area contributed by atoms with Crippen molar-refractivity contribution in [3.8, 4) is 0 Å². The lowest BCUT2D eigenvalue weighted by Gasteiger charge is -2.33. The summed E-state index contributed by atoms with van der Waals surface area (Å²) in [6, 6.07) is 19.9. The number of carbonyl (C=O) groups is 1. The standard InChI is InChI=1S/C20H24O3S/c1-20(2,19(22)23-3)18(21)17(14-15-10-6-4-7-11-15)24-16-12-8-5-9-13-16/h4-13,17-18,21H,14H2,1-3H3/t17-,18+/m1/s1. The third-order valence-electron chi connectivity index (χ3n) is 4.11. The molecule has 0 unspecified atom stereocenters. The van der Waals surface area contributed by atoms with E-state index in [0.29, 0.717) is 6.42 Å². The van der Waals surface area contributed by atoms with Gasteiger partial charge < -0.3 is 9.84 Å². The van der Waals surface area contributed by atoms with E-state index in [1.807, 2.05) is 60.7 Å². The van der Waals surface area contributed by atoms with Crippen LogP contribution in [-0.2, 0) is 16.0 Å². The summed E-state index contributed by atoms with van der Waals surface area (Å²) in [4.78, 5) is 13.2. The van der Waals surface area contributed by atoms with Crippen LogP contribution in [0.4, 0.5) is 0 Å². The van der Waals surface area contributed by atoms with Gasteiger partial charge in [-0.2, -0.15) is 0 Å². The maximum atomic E-state index is 12.1. The first-order valence-electron chi connectivity index (χ1n) is 7.97. The van der Waals surface area contributed by atoms with Crippen LogP contribution in [0.2, 0.25) is 0 Å². The van der Waals surface area contributed by atoms with Gasteiger partial charge in [-0.1, -0.05) is 48.5 Å². The van der Waals surface area contributed by atoms with Crippen molar-refractivity contribution in [1.29, 1.82) is 0 Å². The summed E-state index contributed by atoms with van der Waals surface area (Å²) in [5.74, 6) is -0.401. The van der Waals surface area contributed by atoms with Crippen molar-refractivity contribution in [1.82, 2.24) is 0 Å². The molecule has 0 aliphatic carbocycles. The van der Waals surface area contributed by atoms with Gasteiger partial charge >= 0.3 is 5.97 Å². The van der Waals surface area contributed by atoms with E-state index < -0.39 is 17.5 Å². The van der Waals surface area contributed by atoms with Gasteiger partial charge in [0.2, 0.25) is 0 Å². The monoisotopic (exact) mass is 344 g/mol. The predicted octanol–water partition coefficient (Wildman–Crippen LogP) is 3.95. The predicted molar refractivity (Wildman–Crippen MR) is 98.0 cm³/mol. The summed E-state index contributed by atoms with van der Waals surface area (Å²) < 4.78 is 4.88. The van der Waals surface area contributed by atoms with Crippen molar-refractivity contribution in [3.05, 3.63) is 66.2 Å². The lowest BCUT2D eigenvalue weighted by Crippen LogP contribution is -2.44. The number of hydrogen-bond acceptors (Lipinski definition) is 4. The molecule has 0 radical (unpaired) electrons. The van der Waals surface area contributed by atoms with Crippen LogP contribution in [0.25, 0.3) is 0 Å². The quantitative estimate of drug-likeness (QED) is 0.610. The Balaban J connectivity index is 2.26. The Bertz CT molecular complexity index is 599. The molecule has 0 fully saturated rings. The third kappa shape index (κ3) is 4.62. The summed E-state index contributed by atoms with van der Waals surface area (Å²) in [5, 5.41) is 10.8. The zero-order valence-corrected chi connectivity index (χ0v) is 15.1. The van der Waals surface area contributed by atoms with Crippen LogP contribution in [0.5, 0.6) is 0 Å². The molecule has 0 spiro atoms. The zero-order valence-electron chi connectivity index (χ0n) is 14.3. The first-order valence-corrected chi connectivity index (χ1v) is 8.85. The number of rotatable bonds is 7. The smallest absolute Gasteiger partial charge is 0.313 e. The summed E-state index contributed by atoms with van der Waals surface area (Å²) in [5.41, 5.74) is 0.154. The molecule has 0 saturated heterocycles. The van der Waals surface area contributed by atoms with Crippen molar-refractivity contribution >= 4 is 17.7 Å². The molecule has 1 N–H and O–H groups in total. The van der Waals surface area contributed by atoms with Crippen molar-refractivity contribution in [2.75, 3.05) is 7.11 Å². The molecule has 2 rings (SSSR count). The molecule has 4 heteroatoms. The largest absolute Gasteiger partial charge is 0.469 e. The maximum absolute atomic E-state index is 12.1. The highest BCUT2D eigenvalue weighted by atomic mass is 32.2. The maximum Gasteiger partial charge on any atom is 0.313 e. The second-order valence-electron chi connectivity index (χ2n) is 6.32. The van der Waals surface area contributed by atoms with Crippen molar-refractivity contribution in [2.45, 2.75) is 36.5 Å². The van der Waals surface area contributed by atoms with Gasteiger partial charge in [0.05, 0.1) is 18.6 Å². The highest BCUT2D eigenvalue weighted by Gasteiger charge is 2.41. The van der Waals surface area contributed by atoms with Gasteiger partial charge in [0.25, 0.3) is 0 Å². The van der Waals surface area contributed by atoms with Crippen LogP contribution < -0.4 is 0 Å². The van der Waals surface area contributed by atoms with Gasteiger partial charge in [-0.05, 0) is 38.0 Å². The number of aliphatic hydroxyl groups excluding tert-OH is 1. The molecule has 0 aromatic heterocycles. The summed E-state index contributed by atoms with van der Waals surface area (Å²) in [7, 11) is 1.35. The van der Waals surface area contributed by atoms with Gasteiger partial charge in [-0.15, -0.1) is 11.8 Å². The molecule has 0 amide bonds. The van der Waals surface area contributed by atoms with Crippen LogP contribution in [-0.4, -0.2) is 29.5 Å².